The molecule has 0 saturated carbocycles. The number of aryl methyl sites for hydroxylation is 2. The van der Waals surface area contributed by atoms with Crippen LogP contribution in [0.3, 0.4) is 0 Å². The van der Waals surface area contributed by atoms with Crippen LogP contribution in [-0.4, -0.2) is 21.8 Å². The van der Waals surface area contributed by atoms with Gasteiger partial charge in [0.25, 0.3) is 5.56 Å². The van der Waals surface area contributed by atoms with Gasteiger partial charge in [-0.2, -0.15) is 0 Å². The SMILES string of the molecule is Cc1ccc(NC(=O)C2CC(=O)Nc3nc(SCc4cccc(F)c4)[nH]c(=O)c32)cc1C. The Morgan fingerprint density at radius 2 is 2.00 bits per heavy atom. The first kappa shape index (κ1) is 21.8. The summed E-state index contributed by atoms with van der Waals surface area (Å²) in [5, 5.41) is 5.66. The van der Waals surface area contributed by atoms with E-state index in [4.69, 9.17) is 0 Å². The highest BCUT2D eigenvalue weighted by atomic mass is 32.2. The molecule has 2 heterocycles. The summed E-state index contributed by atoms with van der Waals surface area (Å²) in [5.41, 5.74) is 3.07. The molecule has 7 nitrogen and oxygen atoms in total. The lowest BCUT2D eigenvalue weighted by atomic mass is 9.92. The van der Waals surface area contributed by atoms with Crippen molar-refractivity contribution in [3.8, 4) is 0 Å². The largest absolute Gasteiger partial charge is 0.326 e. The Hall–Kier alpha value is -3.46. The molecule has 3 N–H and O–H groups in total. The maximum absolute atomic E-state index is 13.4. The van der Waals surface area contributed by atoms with Crippen LogP contribution in [0.5, 0.6) is 0 Å². The lowest BCUT2D eigenvalue weighted by molar-refractivity contribution is -0.123. The van der Waals surface area contributed by atoms with E-state index in [-0.39, 0.29) is 28.8 Å². The molecule has 1 aromatic heterocycles. The third-order valence-corrected chi connectivity index (χ3v) is 6.23. The summed E-state index contributed by atoms with van der Waals surface area (Å²) in [6.07, 6.45) is -0.149. The minimum absolute atomic E-state index is 0.0759. The van der Waals surface area contributed by atoms with Crippen LogP contribution in [0.1, 0.15) is 34.6 Å². The second kappa shape index (κ2) is 8.96. The first-order valence-corrected chi connectivity index (χ1v) is 11.0. The fraction of sp³-hybridized carbons (Fsp3) is 0.217. The van der Waals surface area contributed by atoms with Gasteiger partial charge in [-0.1, -0.05) is 30.0 Å². The van der Waals surface area contributed by atoms with Crippen molar-refractivity contribution in [1.29, 1.82) is 0 Å². The van der Waals surface area contributed by atoms with Crippen LogP contribution in [0, 0.1) is 19.7 Å². The maximum atomic E-state index is 13.4. The number of H-pyrrole nitrogens is 1. The first-order valence-electron chi connectivity index (χ1n) is 9.99. The molecule has 0 spiro atoms. The van der Waals surface area contributed by atoms with Gasteiger partial charge in [-0.15, -0.1) is 0 Å². The van der Waals surface area contributed by atoms with E-state index in [1.54, 1.807) is 18.2 Å². The zero-order valence-corrected chi connectivity index (χ0v) is 18.3. The average Bonchev–Trinajstić information content (AvgIpc) is 2.74. The van der Waals surface area contributed by atoms with Crippen LogP contribution >= 0.6 is 11.8 Å². The number of aromatic nitrogens is 2. The van der Waals surface area contributed by atoms with Crippen molar-refractivity contribution in [3.05, 3.63) is 80.9 Å². The number of halogens is 1. The summed E-state index contributed by atoms with van der Waals surface area (Å²) in [4.78, 5) is 45.0. The van der Waals surface area contributed by atoms with Gasteiger partial charge in [0.1, 0.15) is 11.6 Å². The van der Waals surface area contributed by atoms with Crippen molar-refractivity contribution in [1.82, 2.24) is 9.97 Å². The third-order valence-electron chi connectivity index (χ3n) is 5.28. The molecule has 32 heavy (non-hydrogen) atoms. The van der Waals surface area contributed by atoms with Gasteiger partial charge in [0.15, 0.2) is 5.16 Å². The fourth-order valence-corrected chi connectivity index (χ4v) is 4.27. The summed E-state index contributed by atoms with van der Waals surface area (Å²) in [7, 11) is 0. The molecule has 0 bridgehead atoms. The van der Waals surface area contributed by atoms with E-state index >= 15 is 0 Å². The highest BCUT2D eigenvalue weighted by Crippen LogP contribution is 2.31. The van der Waals surface area contributed by atoms with E-state index < -0.39 is 23.3 Å². The Kier molecular flexibility index (Phi) is 6.09. The predicted octanol–water partition coefficient (Wildman–Crippen LogP) is 3.88. The van der Waals surface area contributed by atoms with Gasteiger partial charge < -0.3 is 15.6 Å². The molecule has 1 aliphatic rings. The Balaban J connectivity index is 1.57. The number of hydrogen-bond donors (Lipinski definition) is 3. The number of benzene rings is 2. The molecule has 1 atom stereocenters. The number of carbonyl (C=O) groups excluding carboxylic acids is 2. The second-order valence-corrected chi connectivity index (χ2v) is 8.61. The van der Waals surface area contributed by atoms with Gasteiger partial charge in [-0.3, -0.25) is 14.4 Å². The van der Waals surface area contributed by atoms with Gasteiger partial charge in [-0.25, -0.2) is 9.37 Å². The van der Waals surface area contributed by atoms with Crippen molar-refractivity contribution >= 4 is 35.1 Å². The number of anilines is 2. The smallest absolute Gasteiger partial charge is 0.257 e. The third kappa shape index (κ3) is 4.72. The van der Waals surface area contributed by atoms with Crippen molar-refractivity contribution in [2.75, 3.05) is 10.6 Å². The Morgan fingerprint density at radius 1 is 1.19 bits per heavy atom. The van der Waals surface area contributed by atoms with E-state index in [1.807, 2.05) is 26.0 Å². The molecule has 1 aliphatic heterocycles. The standard InChI is InChI=1S/C23H21FN4O3S/c1-12-6-7-16(8-13(12)2)25-21(30)17-10-18(29)26-20-19(17)22(31)28-23(27-20)32-11-14-4-3-5-15(24)9-14/h3-9,17H,10-11H2,1-2H3,(H,25,30)(H2,26,27,28,29,31). The van der Waals surface area contributed by atoms with E-state index in [1.165, 1.54) is 23.9 Å². The molecular weight excluding hydrogens is 431 g/mol. The summed E-state index contributed by atoms with van der Waals surface area (Å²) >= 11 is 1.20. The summed E-state index contributed by atoms with van der Waals surface area (Å²) < 4.78 is 13.4. The highest BCUT2D eigenvalue weighted by molar-refractivity contribution is 7.98. The fourth-order valence-electron chi connectivity index (χ4n) is 3.47. The van der Waals surface area contributed by atoms with Gasteiger partial charge in [-0.05, 0) is 54.8 Å². The van der Waals surface area contributed by atoms with E-state index in [9.17, 15) is 18.8 Å². The molecule has 0 saturated heterocycles. The molecule has 4 rings (SSSR count). The molecule has 2 amide bonds. The number of fused-ring (bicyclic) bond motifs is 1. The molecule has 0 fully saturated rings. The topological polar surface area (TPSA) is 104 Å². The molecule has 164 valence electrons. The Bertz CT molecular complexity index is 1270. The monoisotopic (exact) mass is 452 g/mol. The van der Waals surface area contributed by atoms with Crippen molar-refractivity contribution < 1.29 is 14.0 Å². The number of rotatable bonds is 5. The van der Waals surface area contributed by atoms with Crippen LogP contribution in [0.4, 0.5) is 15.9 Å². The van der Waals surface area contributed by atoms with Crippen LogP contribution in [0.2, 0.25) is 0 Å². The van der Waals surface area contributed by atoms with Gasteiger partial charge >= 0.3 is 0 Å². The van der Waals surface area contributed by atoms with Crippen molar-refractivity contribution in [2.24, 2.45) is 0 Å². The number of nitrogens with one attached hydrogen (secondary N) is 3. The Labute approximate surface area is 187 Å². The second-order valence-electron chi connectivity index (χ2n) is 7.65. The van der Waals surface area contributed by atoms with Crippen LogP contribution in [0.25, 0.3) is 0 Å². The quantitative estimate of drug-likeness (QED) is 0.403. The number of aromatic amines is 1. The number of carbonyl (C=O) groups is 2. The van der Waals surface area contributed by atoms with Crippen LogP contribution in [0.15, 0.2) is 52.4 Å². The molecule has 3 aromatic rings. The van der Waals surface area contributed by atoms with Gasteiger partial charge in [0.05, 0.1) is 11.5 Å². The average molecular weight is 453 g/mol. The molecule has 0 radical (unpaired) electrons. The minimum Gasteiger partial charge on any atom is -0.326 e. The minimum atomic E-state index is -0.959. The molecular formula is C23H21FN4O3S. The van der Waals surface area contributed by atoms with E-state index in [2.05, 4.69) is 20.6 Å². The lowest BCUT2D eigenvalue weighted by Gasteiger charge is -2.23. The number of amides is 2. The molecule has 2 aromatic carbocycles. The summed E-state index contributed by atoms with van der Waals surface area (Å²) in [6.45, 7) is 3.91. The van der Waals surface area contributed by atoms with Crippen molar-refractivity contribution in [3.63, 3.8) is 0 Å². The first-order chi connectivity index (χ1) is 15.3. The Morgan fingerprint density at radius 3 is 2.75 bits per heavy atom. The molecule has 0 aliphatic carbocycles. The van der Waals surface area contributed by atoms with Gasteiger partial charge in [0.2, 0.25) is 11.8 Å². The summed E-state index contributed by atoms with van der Waals surface area (Å²) in [5.74, 6) is -1.69. The van der Waals surface area contributed by atoms with E-state index in [0.29, 0.717) is 11.4 Å². The van der Waals surface area contributed by atoms with Crippen LogP contribution in [-0.2, 0) is 15.3 Å². The number of hydrogen-bond acceptors (Lipinski definition) is 5. The van der Waals surface area contributed by atoms with Crippen molar-refractivity contribution in [2.45, 2.75) is 37.1 Å². The number of nitrogens with zero attached hydrogens (tertiary/aromatic N) is 1. The normalized spacial score (nSPS) is 15.1. The summed E-state index contributed by atoms with van der Waals surface area (Å²) in [6, 6.07) is 11.6. The zero-order valence-electron chi connectivity index (χ0n) is 17.5. The predicted molar refractivity (Wildman–Crippen MR) is 121 cm³/mol. The lowest BCUT2D eigenvalue weighted by Crippen LogP contribution is -2.36. The van der Waals surface area contributed by atoms with Crippen LogP contribution < -0.4 is 16.2 Å². The van der Waals surface area contributed by atoms with Gasteiger partial charge in [0, 0.05) is 17.9 Å². The van der Waals surface area contributed by atoms with E-state index in [0.717, 1.165) is 16.7 Å². The highest BCUT2D eigenvalue weighted by Gasteiger charge is 2.34. The molecule has 1 unspecified atom stereocenters. The number of thioether (sulfide) groups is 1. The molecule has 9 heteroatoms. The maximum Gasteiger partial charge on any atom is 0.257 e. The zero-order chi connectivity index (χ0) is 22.8.